The highest BCUT2D eigenvalue weighted by molar-refractivity contribution is 6.22. The molecule has 0 amide bonds. The normalized spacial score (nSPS) is 13.6. The highest BCUT2D eigenvalue weighted by Gasteiger charge is 2.28. The van der Waals surface area contributed by atoms with Crippen molar-refractivity contribution in [1.29, 1.82) is 0 Å². The molecule has 0 spiro atoms. The Hall–Kier alpha value is -8.67. The average Bonchev–Trinajstić information content (AvgIpc) is 1.93. The van der Waals surface area contributed by atoms with Crippen molar-refractivity contribution in [2.24, 2.45) is 5.41 Å². The minimum atomic E-state index is -1.59. The van der Waals surface area contributed by atoms with Crippen LogP contribution in [0.25, 0.3) is 93.2 Å². The van der Waals surface area contributed by atoms with Crippen molar-refractivity contribution in [1.82, 2.24) is 14.1 Å². The first-order chi connectivity index (χ1) is 39.9. The number of fused-ring (bicyclic) bond motifs is 10. The van der Waals surface area contributed by atoms with Gasteiger partial charge in [0.15, 0.2) is 0 Å². The Kier molecular flexibility index (Phi) is 12.0. The van der Waals surface area contributed by atoms with E-state index in [9.17, 15) is 0 Å². The van der Waals surface area contributed by atoms with Gasteiger partial charge in [0.05, 0.1) is 27.8 Å². The number of benzene rings is 9. The Morgan fingerprint density at radius 1 is 0.439 bits per heavy atom. The van der Waals surface area contributed by atoms with Gasteiger partial charge in [-0.05, 0) is 143 Å². The SMILES string of the molecule is [2H]C([2H])(c1ccnc(-n2c3ccccc3c3ccc(Oc4cccc(N5Cn6c7c(-c8cc(-c9cc(C(C)(C)C)cc(C(C)(C)C)c9)cc(C(C)(C)C)c8)cccc7c7ccccc7c7ccccc7c7cccc5c76)c4)cc32)c1)C(C)(C)C. The van der Waals surface area contributed by atoms with Crippen LogP contribution in [0.15, 0.2) is 206 Å². The quantitative estimate of drug-likeness (QED) is 0.160. The maximum atomic E-state index is 9.15. The van der Waals surface area contributed by atoms with Gasteiger partial charge < -0.3 is 14.2 Å². The van der Waals surface area contributed by atoms with Crippen LogP contribution in [-0.2, 0) is 29.3 Å². The molecule has 9 aromatic carbocycles. The van der Waals surface area contributed by atoms with E-state index in [0.717, 1.165) is 44.2 Å². The Morgan fingerprint density at radius 2 is 0.963 bits per heavy atom. The minimum absolute atomic E-state index is 0.0338. The fraction of sp³-hybridized carbons (Fsp3) is 0.234. The fourth-order valence-electron chi connectivity index (χ4n) is 12.3. The van der Waals surface area contributed by atoms with Crippen LogP contribution in [0.2, 0.25) is 0 Å². The van der Waals surface area contributed by atoms with Crippen molar-refractivity contribution in [3.63, 3.8) is 0 Å². The molecule has 408 valence electrons. The number of aromatic nitrogens is 3. The molecule has 82 heavy (non-hydrogen) atoms. The molecule has 4 heterocycles. The number of nitrogens with zero attached hydrogens (tertiary/aromatic N) is 4. The van der Waals surface area contributed by atoms with Crippen LogP contribution in [0.4, 0.5) is 11.4 Å². The number of para-hydroxylation sites is 3. The van der Waals surface area contributed by atoms with Crippen molar-refractivity contribution < 1.29 is 7.48 Å². The van der Waals surface area contributed by atoms with Crippen LogP contribution in [0.1, 0.15) is 108 Å². The molecule has 1 aliphatic heterocycles. The van der Waals surface area contributed by atoms with Gasteiger partial charge >= 0.3 is 0 Å². The van der Waals surface area contributed by atoms with E-state index >= 15 is 0 Å². The second kappa shape index (κ2) is 19.5. The lowest BCUT2D eigenvalue weighted by atomic mass is 9.78. The molecule has 0 unspecified atom stereocenters. The van der Waals surface area contributed by atoms with E-state index in [2.05, 4.69) is 246 Å². The largest absolute Gasteiger partial charge is 0.457 e. The molecule has 0 aliphatic carbocycles. The summed E-state index contributed by atoms with van der Waals surface area (Å²) >= 11 is 0. The molecule has 0 fully saturated rings. The Balaban J connectivity index is 1.00. The van der Waals surface area contributed by atoms with E-state index in [1.807, 2.05) is 45.0 Å². The van der Waals surface area contributed by atoms with Crippen molar-refractivity contribution in [3.05, 3.63) is 229 Å². The van der Waals surface area contributed by atoms with Gasteiger partial charge in [-0.25, -0.2) is 4.98 Å². The van der Waals surface area contributed by atoms with Crippen LogP contribution in [-0.4, -0.2) is 14.1 Å². The number of rotatable bonds is 7. The van der Waals surface area contributed by atoms with E-state index < -0.39 is 11.8 Å². The van der Waals surface area contributed by atoms with Crippen molar-refractivity contribution in [3.8, 4) is 39.6 Å². The maximum Gasteiger partial charge on any atom is 0.137 e. The topological polar surface area (TPSA) is 35.2 Å². The van der Waals surface area contributed by atoms with Crippen molar-refractivity contribution in [2.75, 3.05) is 4.90 Å². The molecule has 0 radical (unpaired) electrons. The van der Waals surface area contributed by atoms with Crippen LogP contribution < -0.4 is 9.64 Å². The van der Waals surface area contributed by atoms with Crippen molar-refractivity contribution >= 4 is 76.5 Å². The summed E-state index contributed by atoms with van der Waals surface area (Å²) in [4.78, 5) is 7.31. The summed E-state index contributed by atoms with van der Waals surface area (Å²) in [7, 11) is 0. The Labute approximate surface area is 486 Å². The van der Waals surface area contributed by atoms with Gasteiger partial charge in [0, 0.05) is 53.9 Å². The van der Waals surface area contributed by atoms with Crippen LogP contribution >= 0.6 is 0 Å². The summed E-state index contributed by atoms with van der Waals surface area (Å²) in [5.41, 5.74) is 14.9. The molecule has 0 atom stereocenters. The van der Waals surface area contributed by atoms with E-state index in [1.165, 1.54) is 71.3 Å². The number of hydrogen-bond acceptors (Lipinski definition) is 3. The van der Waals surface area contributed by atoms with Gasteiger partial charge in [-0.2, -0.15) is 0 Å². The standard InChI is InChI=1S/C77H74N4O/c1-74(2,3)47-49-36-37-78-71(38-49)81-68-32-18-17-28-64(68)65-35-34-58(46-70(65)81)82-57-23-19-22-56(45-57)79-48-80-72-59(52-39-50(40-53(43-52)75(4,5)6)51-41-54(76(7,8)9)44-55(42-51)77(10,11)12)29-20-30-66(72)62-26-15-13-24-60(62)61-25-14-16-27-63(61)67-31-21-33-69(79)73(67)80/h13-46H,47-48H2,1-12H3/i47D2. The summed E-state index contributed by atoms with van der Waals surface area (Å²) in [6, 6.07) is 73.0. The highest BCUT2D eigenvalue weighted by atomic mass is 16.5. The van der Waals surface area contributed by atoms with Gasteiger partial charge in [-0.1, -0.05) is 217 Å². The number of hydrogen-bond donors (Lipinski definition) is 0. The summed E-state index contributed by atoms with van der Waals surface area (Å²) < 4.78 is 30.0. The summed E-state index contributed by atoms with van der Waals surface area (Å²) in [6.07, 6.45) is 0.133. The predicted molar refractivity (Wildman–Crippen MR) is 349 cm³/mol. The van der Waals surface area contributed by atoms with Gasteiger partial charge in [0.2, 0.25) is 0 Å². The first-order valence-electron chi connectivity index (χ1n) is 30.0. The molecule has 0 bridgehead atoms. The molecule has 13 rings (SSSR count). The molecule has 5 heteroatoms. The zero-order valence-electron chi connectivity index (χ0n) is 51.5. The van der Waals surface area contributed by atoms with Gasteiger partial charge in [0.1, 0.15) is 24.0 Å². The lowest BCUT2D eigenvalue weighted by molar-refractivity contribution is 0.411. The molecule has 3 aromatic heterocycles. The lowest BCUT2D eigenvalue weighted by Gasteiger charge is -2.27. The molecular weight excluding hydrogens is 997 g/mol. The highest BCUT2D eigenvalue weighted by Crippen LogP contribution is 2.47. The molecule has 12 aromatic rings. The monoisotopic (exact) mass is 1070 g/mol. The van der Waals surface area contributed by atoms with Crippen LogP contribution in [0, 0.1) is 5.41 Å². The fourth-order valence-corrected chi connectivity index (χ4v) is 12.3. The van der Waals surface area contributed by atoms with Gasteiger partial charge in [0.25, 0.3) is 0 Å². The Bertz CT molecular complexity index is 4670. The number of pyridine rings is 1. The molecule has 5 nitrogen and oxygen atoms in total. The third kappa shape index (κ3) is 9.54. The summed E-state index contributed by atoms with van der Waals surface area (Å²) in [6.45, 7) is 27.3. The smallest absolute Gasteiger partial charge is 0.137 e. The summed E-state index contributed by atoms with van der Waals surface area (Å²) in [5, 5.41) is 9.28. The average molecular weight is 1070 g/mol. The number of ether oxygens (including phenoxy) is 1. The Morgan fingerprint density at radius 3 is 1.61 bits per heavy atom. The minimum Gasteiger partial charge on any atom is -0.457 e. The summed E-state index contributed by atoms with van der Waals surface area (Å²) in [5.74, 6) is 2.05. The van der Waals surface area contributed by atoms with Gasteiger partial charge in [-0.15, -0.1) is 0 Å². The zero-order valence-corrected chi connectivity index (χ0v) is 49.5. The predicted octanol–water partition coefficient (Wildman–Crippen LogP) is 21.4. The molecule has 0 saturated heterocycles. The van der Waals surface area contributed by atoms with Crippen LogP contribution in [0.3, 0.4) is 0 Å². The zero-order chi connectivity index (χ0) is 58.8. The molecular formula is C77H74N4O. The van der Waals surface area contributed by atoms with E-state index in [4.69, 9.17) is 12.5 Å². The molecule has 0 saturated carbocycles. The lowest BCUT2D eigenvalue weighted by Crippen LogP contribution is -2.16. The third-order valence-electron chi connectivity index (χ3n) is 16.5. The van der Waals surface area contributed by atoms with Gasteiger partial charge in [-0.3, -0.25) is 4.57 Å². The second-order valence-electron chi connectivity index (χ2n) is 26.7. The second-order valence-corrected chi connectivity index (χ2v) is 26.7. The third-order valence-corrected chi connectivity index (χ3v) is 16.5. The van der Waals surface area contributed by atoms with E-state index in [-0.39, 0.29) is 16.2 Å². The number of anilines is 2. The van der Waals surface area contributed by atoms with Crippen molar-refractivity contribution in [2.45, 2.75) is 112 Å². The first-order valence-corrected chi connectivity index (χ1v) is 29.0. The van der Waals surface area contributed by atoms with E-state index in [1.54, 1.807) is 12.3 Å². The maximum absolute atomic E-state index is 9.15. The van der Waals surface area contributed by atoms with Crippen LogP contribution in [0.5, 0.6) is 11.5 Å². The van der Waals surface area contributed by atoms with E-state index in [0.29, 0.717) is 29.5 Å². The molecule has 0 N–H and O–H groups in total. The molecule has 1 aliphatic rings. The first kappa shape index (κ1) is 50.3.